The summed E-state index contributed by atoms with van der Waals surface area (Å²) < 4.78 is 0. The zero-order valence-corrected chi connectivity index (χ0v) is 12.9. The van der Waals surface area contributed by atoms with E-state index < -0.39 is 0 Å². The van der Waals surface area contributed by atoms with E-state index in [1.807, 2.05) is 0 Å². The normalized spacial score (nSPS) is 18.5. The van der Waals surface area contributed by atoms with Gasteiger partial charge in [0.1, 0.15) is 0 Å². The topological polar surface area (TPSA) is 6.48 Å². The summed E-state index contributed by atoms with van der Waals surface area (Å²) in [4.78, 5) is 4.92. The summed E-state index contributed by atoms with van der Waals surface area (Å²) in [5.74, 6) is 0. The van der Waals surface area contributed by atoms with Crippen LogP contribution in [0.3, 0.4) is 0 Å². The third kappa shape index (κ3) is 1.35. The Hall–Kier alpha value is -2.48. The Labute approximate surface area is 130 Å². The van der Waals surface area contributed by atoms with Crippen LogP contribution in [0.4, 0.5) is 17.1 Å². The fourth-order valence-electron chi connectivity index (χ4n) is 4.21. The third-order valence-corrected chi connectivity index (χ3v) is 5.08. The van der Waals surface area contributed by atoms with Crippen molar-refractivity contribution in [3.8, 4) is 11.1 Å². The minimum Gasteiger partial charge on any atom is -0.371 e. The maximum atomic E-state index is 2.54. The summed E-state index contributed by atoms with van der Waals surface area (Å²) in [6.45, 7) is 3.37. The molecule has 0 bridgehead atoms. The lowest BCUT2D eigenvalue weighted by atomic mass is 9.88. The molecule has 0 fully saturated rings. The molecular weight excluding hydrogens is 268 g/mol. The number of hydrogen-bond donors (Lipinski definition) is 0. The first-order valence-corrected chi connectivity index (χ1v) is 7.91. The van der Waals surface area contributed by atoms with Gasteiger partial charge in [-0.05, 0) is 30.0 Å². The van der Waals surface area contributed by atoms with Crippen molar-refractivity contribution in [2.45, 2.75) is 13.0 Å². The van der Waals surface area contributed by atoms with E-state index in [0.717, 1.165) is 6.54 Å². The van der Waals surface area contributed by atoms with E-state index >= 15 is 0 Å². The molecule has 0 saturated heterocycles. The second-order valence-electron chi connectivity index (χ2n) is 6.45. The number of nitrogens with zero attached hydrogens (tertiary/aromatic N) is 2. The van der Waals surface area contributed by atoms with Crippen LogP contribution in [0.2, 0.25) is 0 Å². The van der Waals surface area contributed by atoms with Gasteiger partial charge in [-0.15, -0.1) is 0 Å². The molecule has 0 spiro atoms. The molecule has 1 unspecified atom stereocenters. The Morgan fingerprint density at radius 1 is 0.864 bits per heavy atom. The van der Waals surface area contributed by atoms with Crippen LogP contribution < -0.4 is 9.80 Å². The monoisotopic (exact) mass is 286 g/mol. The molecule has 2 heteroatoms. The van der Waals surface area contributed by atoms with Crippen LogP contribution in [0.5, 0.6) is 0 Å². The summed E-state index contributed by atoms with van der Waals surface area (Å²) >= 11 is 0. The zero-order valence-electron chi connectivity index (χ0n) is 12.9. The van der Waals surface area contributed by atoms with Crippen LogP contribution in [0.15, 0.2) is 54.6 Å². The highest BCUT2D eigenvalue weighted by molar-refractivity contribution is 6.14. The lowest BCUT2D eigenvalue weighted by Crippen LogP contribution is -2.44. The van der Waals surface area contributed by atoms with Gasteiger partial charge in [0.05, 0.1) is 17.1 Å². The Morgan fingerprint density at radius 3 is 2.41 bits per heavy atom. The minimum absolute atomic E-state index is 0.470. The highest BCUT2D eigenvalue weighted by atomic mass is 15.3. The third-order valence-electron chi connectivity index (χ3n) is 5.08. The molecule has 2 aliphatic heterocycles. The van der Waals surface area contributed by atoms with Crippen molar-refractivity contribution >= 4 is 27.8 Å². The largest absolute Gasteiger partial charge is 0.371 e. The number of benzene rings is 3. The second-order valence-corrected chi connectivity index (χ2v) is 6.45. The molecule has 108 valence electrons. The molecular formula is C20H18N2. The van der Waals surface area contributed by atoms with Crippen molar-refractivity contribution in [2.75, 3.05) is 23.4 Å². The van der Waals surface area contributed by atoms with Gasteiger partial charge in [0.25, 0.3) is 0 Å². The first-order chi connectivity index (χ1) is 10.8. The van der Waals surface area contributed by atoms with E-state index in [2.05, 4.69) is 78.4 Å². The van der Waals surface area contributed by atoms with Gasteiger partial charge in [-0.1, -0.05) is 42.5 Å². The van der Waals surface area contributed by atoms with Crippen molar-refractivity contribution in [1.82, 2.24) is 0 Å². The van der Waals surface area contributed by atoms with Gasteiger partial charge in [-0.3, -0.25) is 0 Å². The quantitative estimate of drug-likeness (QED) is 0.586. The molecule has 5 rings (SSSR count). The average molecular weight is 286 g/mol. The minimum atomic E-state index is 0.470. The molecule has 0 amide bonds. The first kappa shape index (κ1) is 12.1. The van der Waals surface area contributed by atoms with Crippen LogP contribution in [0.1, 0.15) is 6.92 Å². The summed E-state index contributed by atoms with van der Waals surface area (Å²) in [6.07, 6.45) is 0. The molecule has 3 aromatic carbocycles. The van der Waals surface area contributed by atoms with Gasteiger partial charge in [-0.2, -0.15) is 0 Å². The van der Waals surface area contributed by atoms with E-state index in [0.29, 0.717) is 6.04 Å². The van der Waals surface area contributed by atoms with E-state index in [4.69, 9.17) is 0 Å². The molecule has 0 radical (unpaired) electrons. The number of para-hydroxylation sites is 1. The zero-order chi connectivity index (χ0) is 14.8. The van der Waals surface area contributed by atoms with E-state index in [1.54, 1.807) is 0 Å². The summed E-state index contributed by atoms with van der Waals surface area (Å²) in [6, 6.07) is 20.5. The summed E-state index contributed by atoms with van der Waals surface area (Å²) in [5, 5.41) is 2.73. The summed E-state index contributed by atoms with van der Waals surface area (Å²) in [7, 11) is 2.20. The van der Waals surface area contributed by atoms with Gasteiger partial charge in [0.15, 0.2) is 0 Å². The van der Waals surface area contributed by atoms with Crippen molar-refractivity contribution < 1.29 is 0 Å². The molecule has 2 nitrogen and oxygen atoms in total. The Bertz CT molecular complexity index is 907. The van der Waals surface area contributed by atoms with Crippen molar-refractivity contribution in [3.05, 3.63) is 54.6 Å². The molecule has 2 heterocycles. The summed E-state index contributed by atoms with van der Waals surface area (Å²) in [5.41, 5.74) is 6.79. The maximum absolute atomic E-state index is 2.54. The first-order valence-electron chi connectivity index (χ1n) is 7.91. The van der Waals surface area contributed by atoms with Crippen LogP contribution >= 0.6 is 0 Å². The van der Waals surface area contributed by atoms with Gasteiger partial charge < -0.3 is 9.80 Å². The van der Waals surface area contributed by atoms with Gasteiger partial charge >= 0.3 is 0 Å². The molecule has 2 aliphatic rings. The van der Waals surface area contributed by atoms with Crippen molar-refractivity contribution in [3.63, 3.8) is 0 Å². The SMILES string of the molecule is CC1CN(C)c2cccc3c2N1c1cccc2cccc-3c12. The molecule has 0 aliphatic carbocycles. The van der Waals surface area contributed by atoms with Gasteiger partial charge in [0, 0.05) is 30.6 Å². The Balaban J connectivity index is 1.99. The molecule has 22 heavy (non-hydrogen) atoms. The van der Waals surface area contributed by atoms with Gasteiger partial charge in [0.2, 0.25) is 0 Å². The lowest BCUT2D eigenvalue weighted by molar-refractivity contribution is 0.671. The predicted octanol–water partition coefficient (Wildman–Crippen LogP) is 4.80. The second kappa shape index (κ2) is 4.04. The lowest BCUT2D eigenvalue weighted by Gasteiger charge is -2.45. The maximum Gasteiger partial charge on any atom is 0.0731 e. The number of rotatable bonds is 0. The predicted molar refractivity (Wildman–Crippen MR) is 94.3 cm³/mol. The molecule has 0 saturated carbocycles. The van der Waals surface area contributed by atoms with Crippen molar-refractivity contribution in [2.24, 2.45) is 0 Å². The number of anilines is 3. The fourth-order valence-corrected chi connectivity index (χ4v) is 4.21. The van der Waals surface area contributed by atoms with Crippen LogP contribution in [-0.4, -0.2) is 19.6 Å². The molecule has 0 N–H and O–H groups in total. The smallest absolute Gasteiger partial charge is 0.0731 e. The Morgan fingerprint density at radius 2 is 1.55 bits per heavy atom. The van der Waals surface area contributed by atoms with Gasteiger partial charge in [-0.25, -0.2) is 0 Å². The highest BCUT2D eigenvalue weighted by Crippen LogP contribution is 2.53. The van der Waals surface area contributed by atoms with E-state index in [1.165, 1.54) is 39.0 Å². The van der Waals surface area contributed by atoms with Crippen LogP contribution in [0, 0.1) is 0 Å². The van der Waals surface area contributed by atoms with E-state index in [9.17, 15) is 0 Å². The van der Waals surface area contributed by atoms with Crippen LogP contribution in [0.25, 0.3) is 21.9 Å². The Kier molecular flexibility index (Phi) is 2.22. The number of fused-ring (bicyclic) bond motifs is 2. The van der Waals surface area contributed by atoms with Crippen molar-refractivity contribution in [1.29, 1.82) is 0 Å². The number of likely N-dealkylation sites (N-methyl/N-ethyl adjacent to an activating group) is 1. The average Bonchev–Trinajstić information content (AvgIpc) is 2.54. The number of hydrogen-bond acceptors (Lipinski definition) is 2. The van der Waals surface area contributed by atoms with Crippen LogP contribution in [-0.2, 0) is 0 Å². The van der Waals surface area contributed by atoms with E-state index in [-0.39, 0.29) is 0 Å². The fraction of sp³-hybridized carbons (Fsp3) is 0.200. The molecule has 1 atom stereocenters. The molecule has 0 aromatic heterocycles. The standard InChI is InChI=1S/C20H18N2/c1-13-12-21(2)18-11-5-9-16-15-8-3-6-14-7-4-10-17(19(14)15)22(13)20(16)18/h3-11,13H,12H2,1-2H3. The molecule has 3 aromatic rings. The highest BCUT2D eigenvalue weighted by Gasteiger charge is 2.34.